The lowest BCUT2D eigenvalue weighted by atomic mass is 9.87. The largest absolute Gasteiger partial charge is 0.467 e. The lowest BCUT2D eigenvalue weighted by molar-refractivity contribution is -0.149. The summed E-state index contributed by atoms with van der Waals surface area (Å²) in [4.78, 5) is 24.9. The Hall–Kier alpha value is -1.27. The third-order valence-corrected chi connectivity index (χ3v) is 4.67. The summed E-state index contributed by atoms with van der Waals surface area (Å²) in [6.45, 7) is 7.26. The van der Waals surface area contributed by atoms with E-state index in [4.69, 9.17) is 21.1 Å². The van der Waals surface area contributed by atoms with E-state index in [0.29, 0.717) is 30.7 Å². The maximum Gasteiger partial charge on any atom is 0.408 e. The van der Waals surface area contributed by atoms with Crippen LogP contribution in [0.5, 0.6) is 0 Å². The van der Waals surface area contributed by atoms with Crippen LogP contribution in [0.25, 0.3) is 0 Å². The quantitative estimate of drug-likeness (QED) is 0.577. The summed E-state index contributed by atoms with van der Waals surface area (Å²) in [5.41, 5.74) is -0.930. The molecule has 5 nitrogen and oxygen atoms in total. The summed E-state index contributed by atoms with van der Waals surface area (Å²) in [5, 5.41) is 3.36. The van der Waals surface area contributed by atoms with Crippen molar-refractivity contribution in [2.24, 2.45) is 0 Å². The molecule has 0 aliphatic carbocycles. The van der Waals surface area contributed by atoms with Crippen LogP contribution >= 0.6 is 27.5 Å². The predicted molar refractivity (Wildman–Crippen MR) is 106 cm³/mol. The van der Waals surface area contributed by atoms with E-state index in [2.05, 4.69) is 21.2 Å². The molecule has 1 atom stereocenters. The molecule has 0 saturated carbocycles. The Morgan fingerprint density at radius 1 is 1.23 bits per heavy atom. The molecule has 0 aromatic heterocycles. The van der Waals surface area contributed by atoms with Gasteiger partial charge in [0.25, 0.3) is 0 Å². The minimum Gasteiger partial charge on any atom is -0.467 e. The molecular weight excluding hydrogens is 422 g/mol. The Kier molecular flexibility index (Phi) is 8.41. The number of alkyl carbamates (subject to hydrolysis) is 1. The van der Waals surface area contributed by atoms with Crippen molar-refractivity contribution in [3.8, 4) is 0 Å². The van der Waals surface area contributed by atoms with Gasteiger partial charge in [-0.05, 0) is 57.7 Å². The number of rotatable bonds is 7. The fourth-order valence-corrected chi connectivity index (χ4v) is 3.47. The highest BCUT2D eigenvalue weighted by molar-refractivity contribution is 9.10. The lowest BCUT2D eigenvalue weighted by Gasteiger charge is -2.33. The summed E-state index contributed by atoms with van der Waals surface area (Å²) in [6, 6.07) is 5.59. The molecular formula is C19H27BrClNO4. The summed E-state index contributed by atoms with van der Waals surface area (Å²) in [7, 11) is 1.32. The normalized spacial score (nSPS) is 13.7. The number of ether oxygens (including phenoxy) is 2. The molecule has 1 N–H and O–H groups in total. The van der Waals surface area contributed by atoms with Crippen molar-refractivity contribution < 1.29 is 19.1 Å². The van der Waals surface area contributed by atoms with Crippen LogP contribution in [-0.2, 0) is 20.7 Å². The van der Waals surface area contributed by atoms with E-state index in [1.54, 1.807) is 26.8 Å². The minimum absolute atomic E-state index is 0.355. The highest BCUT2D eigenvalue weighted by Gasteiger charge is 2.41. The highest BCUT2D eigenvalue weighted by atomic mass is 79.9. The van der Waals surface area contributed by atoms with Gasteiger partial charge in [0.15, 0.2) is 0 Å². The van der Waals surface area contributed by atoms with Crippen molar-refractivity contribution in [2.75, 3.05) is 7.11 Å². The van der Waals surface area contributed by atoms with E-state index in [0.717, 1.165) is 10.0 Å². The second-order valence-corrected chi connectivity index (χ2v) is 8.51. The molecule has 0 saturated heterocycles. The molecule has 146 valence electrons. The fraction of sp³-hybridized carbons (Fsp3) is 0.579. The predicted octanol–water partition coefficient (Wildman–Crippen LogP) is 5.27. The molecule has 0 radical (unpaired) electrons. The van der Waals surface area contributed by atoms with E-state index in [-0.39, 0.29) is 0 Å². The van der Waals surface area contributed by atoms with Gasteiger partial charge in [0, 0.05) is 9.50 Å². The second-order valence-electron chi connectivity index (χ2n) is 7.19. The molecule has 1 rings (SSSR count). The van der Waals surface area contributed by atoms with Crippen LogP contribution in [0, 0.1) is 0 Å². The fourth-order valence-electron chi connectivity index (χ4n) is 2.70. The molecule has 0 heterocycles. The number of hydrogen-bond acceptors (Lipinski definition) is 4. The first-order valence-corrected chi connectivity index (χ1v) is 9.73. The van der Waals surface area contributed by atoms with Crippen molar-refractivity contribution in [1.29, 1.82) is 0 Å². The zero-order valence-corrected chi connectivity index (χ0v) is 18.3. The van der Waals surface area contributed by atoms with Gasteiger partial charge in [-0.15, -0.1) is 0 Å². The summed E-state index contributed by atoms with van der Waals surface area (Å²) < 4.78 is 11.2. The van der Waals surface area contributed by atoms with Gasteiger partial charge in [0.1, 0.15) is 11.1 Å². The molecule has 1 aromatic rings. The van der Waals surface area contributed by atoms with E-state index >= 15 is 0 Å². The maximum atomic E-state index is 12.6. The molecule has 1 aromatic carbocycles. The molecule has 0 aliphatic rings. The van der Waals surface area contributed by atoms with Crippen LogP contribution in [0.4, 0.5) is 4.79 Å². The molecule has 0 bridgehead atoms. The van der Waals surface area contributed by atoms with Crippen LogP contribution in [0.15, 0.2) is 22.7 Å². The molecule has 0 aliphatic heterocycles. The van der Waals surface area contributed by atoms with E-state index < -0.39 is 23.2 Å². The van der Waals surface area contributed by atoms with Gasteiger partial charge in [0.05, 0.1) is 7.11 Å². The van der Waals surface area contributed by atoms with Crippen molar-refractivity contribution >= 4 is 39.6 Å². The van der Waals surface area contributed by atoms with Gasteiger partial charge in [0.2, 0.25) is 0 Å². The SMILES string of the molecule is CCC[C@@](CCc1ccc(Br)cc1Cl)(NC(=O)OC(C)(C)C)C(=O)OC. The number of carbonyl (C=O) groups excluding carboxylic acids is 2. The number of methoxy groups -OCH3 is 1. The number of amides is 1. The van der Waals surface area contributed by atoms with Gasteiger partial charge in [-0.3, -0.25) is 0 Å². The van der Waals surface area contributed by atoms with Crippen molar-refractivity contribution in [3.63, 3.8) is 0 Å². The third kappa shape index (κ3) is 6.80. The van der Waals surface area contributed by atoms with Crippen molar-refractivity contribution in [1.82, 2.24) is 5.32 Å². The number of hydrogen-bond donors (Lipinski definition) is 1. The van der Waals surface area contributed by atoms with Crippen molar-refractivity contribution in [3.05, 3.63) is 33.3 Å². The lowest BCUT2D eigenvalue weighted by Crippen LogP contribution is -2.56. The number of aryl methyl sites for hydroxylation is 1. The maximum absolute atomic E-state index is 12.6. The topological polar surface area (TPSA) is 64.6 Å². The third-order valence-electron chi connectivity index (χ3n) is 3.83. The summed E-state index contributed by atoms with van der Waals surface area (Å²) in [6.07, 6.45) is 1.36. The first-order valence-electron chi connectivity index (χ1n) is 8.56. The standard InChI is InChI=1S/C19H27BrClNO4/c1-6-10-19(16(23)25-5,22-17(24)26-18(2,3)4)11-9-13-7-8-14(20)12-15(13)21/h7-8,12H,6,9-11H2,1-5H3,(H,22,24)/t19-/m0/s1. The monoisotopic (exact) mass is 447 g/mol. The Morgan fingerprint density at radius 2 is 1.88 bits per heavy atom. The Balaban J connectivity index is 3.05. The zero-order chi connectivity index (χ0) is 20.0. The average molecular weight is 449 g/mol. The smallest absolute Gasteiger partial charge is 0.408 e. The number of carbonyl (C=O) groups is 2. The van der Waals surface area contributed by atoms with Crippen LogP contribution in [0.2, 0.25) is 5.02 Å². The number of halogens is 2. The van der Waals surface area contributed by atoms with Gasteiger partial charge < -0.3 is 14.8 Å². The Morgan fingerprint density at radius 3 is 2.38 bits per heavy atom. The van der Waals surface area contributed by atoms with Crippen LogP contribution < -0.4 is 5.32 Å². The number of benzene rings is 1. The van der Waals surface area contributed by atoms with E-state index in [9.17, 15) is 9.59 Å². The van der Waals surface area contributed by atoms with Gasteiger partial charge in [-0.1, -0.05) is 46.9 Å². The molecule has 1 amide bonds. The Labute approximate surface area is 168 Å². The van der Waals surface area contributed by atoms with Crippen LogP contribution in [0.1, 0.15) is 52.5 Å². The highest BCUT2D eigenvalue weighted by Crippen LogP contribution is 2.27. The summed E-state index contributed by atoms with van der Waals surface area (Å²) in [5.74, 6) is -0.488. The van der Waals surface area contributed by atoms with Crippen LogP contribution in [-0.4, -0.2) is 30.3 Å². The molecule has 0 fully saturated rings. The average Bonchev–Trinajstić information content (AvgIpc) is 2.51. The summed E-state index contributed by atoms with van der Waals surface area (Å²) >= 11 is 9.66. The number of nitrogens with one attached hydrogen (secondary N) is 1. The molecule has 0 spiro atoms. The van der Waals surface area contributed by atoms with Crippen molar-refractivity contribution in [2.45, 2.75) is 64.5 Å². The molecule has 0 unspecified atom stereocenters. The first kappa shape index (κ1) is 22.8. The van der Waals surface area contributed by atoms with Crippen LogP contribution in [0.3, 0.4) is 0 Å². The van der Waals surface area contributed by atoms with E-state index in [1.165, 1.54) is 7.11 Å². The first-order chi connectivity index (χ1) is 12.0. The second kappa shape index (κ2) is 9.60. The van der Waals surface area contributed by atoms with Gasteiger partial charge >= 0.3 is 12.1 Å². The zero-order valence-electron chi connectivity index (χ0n) is 15.9. The minimum atomic E-state index is -1.16. The Bertz CT molecular complexity index is 645. The van der Waals surface area contributed by atoms with Gasteiger partial charge in [-0.2, -0.15) is 0 Å². The molecule has 7 heteroatoms. The number of esters is 1. The van der Waals surface area contributed by atoms with Gasteiger partial charge in [-0.25, -0.2) is 9.59 Å². The van der Waals surface area contributed by atoms with E-state index in [1.807, 2.05) is 19.1 Å². The molecule has 26 heavy (non-hydrogen) atoms.